The highest BCUT2D eigenvalue weighted by molar-refractivity contribution is 9.10. The molecule has 144 valence electrons. The summed E-state index contributed by atoms with van der Waals surface area (Å²) >= 11 is 9.86. The van der Waals surface area contributed by atoms with Gasteiger partial charge in [-0.15, -0.1) is 0 Å². The molecule has 0 saturated carbocycles. The predicted molar refractivity (Wildman–Crippen MR) is 113 cm³/mol. The SMILES string of the molecule is CCC[C@]1(CCc2ccc(Br)cc2Cl)N=C(OC)[C@@H](C(C)C)N=C1OC. The second-order valence-corrected chi connectivity index (χ2v) is 8.32. The van der Waals surface area contributed by atoms with E-state index >= 15 is 0 Å². The van der Waals surface area contributed by atoms with E-state index in [1.807, 2.05) is 12.1 Å². The Bertz CT molecular complexity index is 690. The molecule has 0 aromatic heterocycles. The molecule has 1 aromatic rings. The van der Waals surface area contributed by atoms with Gasteiger partial charge >= 0.3 is 0 Å². The van der Waals surface area contributed by atoms with E-state index in [4.69, 9.17) is 31.1 Å². The molecule has 6 heteroatoms. The van der Waals surface area contributed by atoms with Gasteiger partial charge in [-0.3, -0.25) is 0 Å². The molecule has 26 heavy (non-hydrogen) atoms. The Morgan fingerprint density at radius 3 is 2.50 bits per heavy atom. The first-order valence-electron chi connectivity index (χ1n) is 9.06. The first kappa shape index (κ1) is 21.2. The van der Waals surface area contributed by atoms with Crippen LogP contribution in [0.1, 0.15) is 45.6 Å². The Morgan fingerprint density at radius 2 is 1.96 bits per heavy atom. The third-order valence-electron chi connectivity index (χ3n) is 4.75. The second kappa shape index (κ2) is 9.23. The molecule has 0 bridgehead atoms. The van der Waals surface area contributed by atoms with Gasteiger partial charge in [0.1, 0.15) is 11.6 Å². The first-order chi connectivity index (χ1) is 12.4. The van der Waals surface area contributed by atoms with Crippen molar-refractivity contribution >= 4 is 39.3 Å². The van der Waals surface area contributed by atoms with Gasteiger partial charge in [-0.05, 0) is 42.9 Å². The second-order valence-electron chi connectivity index (χ2n) is 7.00. The fourth-order valence-electron chi connectivity index (χ4n) is 3.40. The molecule has 0 saturated heterocycles. The molecule has 1 aromatic carbocycles. The Labute approximate surface area is 170 Å². The monoisotopic (exact) mass is 442 g/mol. The molecule has 2 atom stereocenters. The van der Waals surface area contributed by atoms with E-state index in [9.17, 15) is 0 Å². The third kappa shape index (κ3) is 4.61. The highest BCUT2D eigenvalue weighted by Crippen LogP contribution is 2.34. The van der Waals surface area contributed by atoms with Crippen molar-refractivity contribution in [3.8, 4) is 0 Å². The van der Waals surface area contributed by atoms with Gasteiger partial charge < -0.3 is 9.47 Å². The summed E-state index contributed by atoms with van der Waals surface area (Å²) in [6.07, 6.45) is 3.39. The first-order valence-corrected chi connectivity index (χ1v) is 10.2. The standard InChI is InChI=1S/C20H28BrClN2O2/c1-6-10-20(11-9-14-7-8-15(21)12-16(14)22)19(26-5)23-17(13(2)3)18(24-20)25-4/h7-8,12-13,17H,6,9-11H2,1-5H3/t17-,20-/m1/s1. The van der Waals surface area contributed by atoms with Crippen LogP contribution in [-0.2, 0) is 15.9 Å². The molecule has 0 amide bonds. The fraction of sp³-hybridized carbons (Fsp3) is 0.600. The van der Waals surface area contributed by atoms with Crippen LogP contribution in [0.3, 0.4) is 0 Å². The normalized spacial score (nSPS) is 22.8. The van der Waals surface area contributed by atoms with E-state index in [0.29, 0.717) is 17.7 Å². The predicted octanol–water partition coefficient (Wildman–Crippen LogP) is 5.70. The number of nitrogens with zero attached hydrogens (tertiary/aromatic N) is 2. The molecule has 0 fully saturated rings. The molecule has 0 unspecified atom stereocenters. The van der Waals surface area contributed by atoms with Crippen molar-refractivity contribution < 1.29 is 9.47 Å². The highest BCUT2D eigenvalue weighted by Gasteiger charge is 2.42. The van der Waals surface area contributed by atoms with Gasteiger partial charge in [0.2, 0.25) is 11.8 Å². The Kier molecular flexibility index (Phi) is 7.53. The van der Waals surface area contributed by atoms with Crippen molar-refractivity contribution in [3.05, 3.63) is 33.3 Å². The maximum absolute atomic E-state index is 6.41. The lowest BCUT2D eigenvalue weighted by molar-refractivity contribution is 0.289. The van der Waals surface area contributed by atoms with Crippen molar-refractivity contribution in [1.29, 1.82) is 0 Å². The van der Waals surface area contributed by atoms with Crippen LogP contribution in [0.25, 0.3) is 0 Å². The summed E-state index contributed by atoms with van der Waals surface area (Å²) < 4.78 is 12.3. The number of rotatable bonds is 6. The summed E-state index contributed by atoms with van der Waals surface area (Å²) in [6, 6.07) is 5.89. The maximum atomic E-state index is 6.41. The topological polar surface area (TPSA) is 43.2 Å². The number of ether oxygens (including phenoxy) is 2. The maximum Gasteiger partial charge on any atom is 0.212 e. The fourth-order valence-corrected chi connectivity index (χ4v) is 4.17. The summed E-state index contributed by atoms with van der Waals surface area (Å²) in [5.74, 6) is 1.68. The molecule has 2 rings (SSSR count). The van der Waals surface area contributed by atoms with Gasteiger partial charge in [0.15, 0.2) is 0 Å². The van der Waals surface area contributed by atoms with Crippen molar-refractivity contribution in [2.75, 3.05) is 14.2 Å². The lowest BCUT2D eigenvalue weighted by Gasteiger charge is -2.36. The number of aliphatic imine (C=N–C) groups is 2. The molecular formula is C20H28BrClN2O2. The molecule has 4 nitrogen and oxygen atoms in total. The Hall–Kier alpha value is -1.07. The summed E-state index contributed by atoms with van der Waals surface area (Å²) in [7, 11) is 3.35. The lowest BCUT2D eigenvalue weighted by atomic mass is 9.85. The third-order valence-corrected chi connectivity index (χ3v) is 5.60. The quantitative estimate of drug-likeness (QED) is 0.566. The van der Waals surface area contributed by atoms with Crippen LogP contribution in [0, 0.1) is 5.92 Å². The minimum Gasteiger partial charge on any atom is -0.483 e. The lowest BCUT2D eigenvalue weighted by Crippen LogP contribution is -2.47. The van der Waals surface area contributed by atoms with Crippen molar-refractivity contribution in [1.82, 2.24) is 0 Å². The Morgan fingerprint density at radius 1 is 1.23 bits per heavy atom. The average molecular weight is 444 g/mol. The van der Waals surface area contributed by atoms with Crippen molar-refractivity contribution in [2.24, 2.45) is 15.9 Å². The summed E-state index contributed by atoms with van der Waals surface area (Å²) in [5.41, 5.74) is 0.595. The van der Waals surface area contributed by atoms with Crippen LogP contribution in [0.5, 0.6) is 0 Å². The van der Waals surface area contributed by atoms with Gasteiger partial charge in [-0.25, -0.2) is 9.98 Å². The number of hydrogen-bond donors (Lipinski definition) is 0. The largest absolute Gasteiger partial charge is 0.483 e. The van der Waals surface area contributed by atoms with Gasteiger partial charge in [-0.2, -0.15) is 0 Å². The highest BCUT2D eigenvalue weighted by atomic mass is 79.9. The van der Waals surface area contributed by atoms with Crippen LogP contribution < -0.4 is 0 Å². The van der Waals surface area contributed by atoms with Gasteiger partial charge in [-0.1, -0.05) is 60.8 Å². The molecule has 0 N–H and O–H groups in total. The van der Waals surface area contributed by atoms with E-state index in [1.165, 1.54) is 0 Å². The van der Waals surface area contributed by atoms with Crippen LogP contribution in [0.15, 0.2) is 32.7 Å². The molecule has 1 aliphatic rings. The van der Waals surface area contributed by atoms with Crippen molar-refractivity contribution in [2.45, 2.75) is 58.0 Å². The zero-order chi connectivity index (χ0) is 19.3. The molecule has 1 heterocycles. The van der Waals surface area contributed by atoms with E-state index in [-0.39, 0.29) is 6.04 Å². The van der Waals surface area contributed by atoms with Crippen molar-refractivity contribution in [3.63, 3.8) is 0 Å². The van der Waals surface area contributed by atoms with E-state index in [0.717, 1.165) is 40.7 Å². The van der Waals surface area contributed by atoms with E-state index in [1.54, 1.807) is 14.2 Å². The zero-order valence-corrected chi connectivity index (χ0v) is 18.5. The zero-order valence-electron chi connectivity index (χ0n) is 16.2. The molecule has 0 radical (unpaired) electrons. The minimum atomic E-state index is -0.503. The van der Waals surface area contributed by atoms with Crippen LogP contribution >= 0.6 is 27.5 Å². The molecule has 1 aliphatic heterocycles. The molecular weight excluding hydrogens is 416 g/mol. The van der Waals surface area contributed by atoms with Gasteiger partial charge in [0.25, 0.3) is 0 Å². The van der Waals surface area contributed by atoms with Gasteiger partial charge in [0.05, 0.1) is 14.2 Å². The van der Waals surface area contributed by atoms with Gasteiger partial charge in [0, 0.05) is 9.50 Å². The summed E-state index contributed by atoms with van der Waals surface area (Å²) in [6.45, 7) is 6.38. The number of aryl methyl sites for hydroxylation is 1. The molecule has 0 aliphatic carbocycles. The van der Waals surface area contributed by atoms with Crippen LogP contribution in [0.4, 0.5) is 0 Å². The average Bonchev–Trinajstić information content (AvgIpc) is 2.60. The van der Waals surface area contributed by atoms with E-state index < -0.39 is 5.54 Å². The van der Waals surface area contributed by atoms with Crippen LogP contribution in [0.2, 0.25) is 5.02 Å². The Balaban J connectivity index is 2.36. The molecule has 0 spiro atoms. The smallest absolute Gasteiger partial charge is 0.212 e. The minimum absolute atomic E-state index is 0.101. The van der Waals surface area contributed by atoms with Crippen LogP contribution in [-0.4, -0.2) is 37.6 Å². The summed E-state index contributed by atoms with van der Waals surface area (Å²) in [4.78, 5) is 9.90. The summed E-state index contributed by atoms with van der Waals surface area (Å²) in [5, 5.41) is 0.758. The number of methoxy groups -OCH3 is 2. The number of benzene rings is 1. The number of halogens is 2. The number of hydrogen-bond acceptors (Lipinski definition) is 4. The van der Waals surface area contributed by atoms with E-state index in [2.05, 4.69) is 42.8 Å².